The molecule has 0 saturated carbocycles. The topological polar surface area (TPSA) is 58.6 Å². The van der Waals surface area contributed by atoms with E-state index in [1.54, 1.807) is 41.7 Å². The Balaban J connectivity index is 1.58. The molecule has 2 aromatic carbocycles. The van der Waals surface area contributed by atoms with Crippen molar-refractivity contribution in [2.45, 2.75) is 13.3 Å². The molecule has 2 heterocycles. The summed E-state index contributed by atoms with van der Waals surface area (Å²) in [6.07, 6.45) is 2.52. The van der Waals surface area contributed by atoms with Crippen LogP contribution in [0.4, 0.5) is 5.69 Å². The zero-order valence-corrected chi connectivity index (χ0v) is 17.8. The maximum atomic E-state index is 13.1. The molecule has 4 rings (SSSR count). The van der Waals surface area contributed by atoms with Gasteiger partial charge in [0.1, 0.15) is 17.1 Å². The van der Waals surface area contributed by atoms with Crippen molar-refractivity contribution >= 4 is 52.2 Å². The van der Waals surface area contributed by atoms with Crippen LogP contribution in [0.25, 0.3) is 6.08 Å². The predicted molar refractivity (Wildman–Crippen MR) is 123 cm³/mol. The first-order valence-electron chi connectivity index (χ1n) is 9.38. The summed E-state index contributed by atoms with van der Waals surface area (Å²) >= 11 is 6.81. The molecule has 5 nitrogen and oxygen atoms in total. The van der Waals surface area contributed by atoms with Crippen molar-refractivity contribution in [3.05, 3.63) is 82.1 Å². The second kappa shape index (κ2) is 8.61. The summed E-state index contributed by atoms with van der Waals surface area (Å²) in [7, 11) is 0. The number of hydrogen-bond donors (Lipinski definition) is 1. The minimum absolute atomic E-state index is 0.0534. The number of benzene rings is 2. The molecular formula is C23H18N2O3S2. The lowest BCUT2D eigenvalue weighted by atomic mass is 10.1. The van der Waals surface area contributed by atoms with E-state index in [4.69, 9.17) is 17.0 Å². The third-order valence-corrected chi connectivity index (χ3v) is 5.95. The number of hydrogen-bond acceptors (Lipinski definition) is 5. The first kappa shape index (κ1) is 20.0. The normalized spacial score (nSPS) is 15.4. The maximum Gasteiger partial charge on any atom is 0.270 e. The minimum atomic E-state index is -0.489. The largest absolute Gasteiger partial charge is 0.457 e. The van der Waals surface area contributed by atoms with Gasteiger partial charge in [-0.15, -0.1) is 11.3 Å². The minimum Gasteiger partial charge on any atom is -0.457 e. The molecule has 150 valence electrons. The lowest BCUT2D eigenvalue weighted by molar-refractivity contribution is -0.122. The molecule has 1 fully saturated rings. The number of anilines is 1. The summed E-state index contributed by atoms with van der Waals surface area (Å²) in [5.41, 5.74) is 0.606. The number of carbonyl (C=O) groups is 2. The van der Waals surface area contributed by atoms with Gasteiger partial charge in [0.25, 0.3) is 11.8 Å². The van der Waals surface area contributed by atoms with Gasteiger partial charge in [0.2, 0.25) is 0 Å². The number of rotatable bonds is 5. The molecule has 1 N–H and O–H groups in total. The van der Waals surface area contributed by atoms with Gasteiger partial charge in [-0.3, -0.25) is 19.8 Å². The summed E-state index contributed by atoms with van der Waals surface area (Å²) in [5, 5.41) is 2.66. The fourth-order valence-corrected chi connectivity index (χ4v) is 4.16. The van der Waals surface area contributed by atoms with Crippen LogP contribution in [0.1, 0.15) is 16.7 Å². The third kappa shape index (κ3) is 4.17. The van der Waals surface area contributed by atoms with Gasteiger partial charge in [-0.05, 0) is 73.2 Å². The summed E-state index contributed by atoms with van der Waals surface area (Å²) in [5.74, 6) is 0.407. The molecule has 7 heteroatoms. The second-order valence-corrected chi connectivity index (χ2v) is 8.11. The average molecular weight is 435 g/mol. The highest BCUT2D eigenvalue weighted by Gasteiger charge is 2.34. The van der Waals surface area contributed by atoms with E-state index in [0.29, 0.717) is 11.4 Å². The highest BCUT2D eigenvalue weighted by molar-refractivity contribution is 7.80. The van der Waals surface area contributed by atoms with E-state index in [0.717, 1.165) is 17.0 Å². The number of amides is 2. The fraction of sp³-hybridized carbons (Fsp3) is 0.0870. The number of ether oxygens (including phenoxy) is 1. The van der Waals surface area contributed by atoms with Crippen LogP contribution in [0.2, 0.25) is 0 Å². The highest BCUT2D eigenvalue weighted by Crippen LogP contribution is 2.28. The zero-order chi connectivity index (χ0) is 21.1. The highest BCUT2D eigenvalue weighted by atomic mass is 32.1. The van der Waals surface area contributed by atoms with Crippen molar-refractivity contribution in [2.75, 3.05) is 4.90 Å². The van der Waals surface area contributed by atoms with Crippen LogP contribution in [-0.2, 0) is 16.0 Å². The molecule has 0 atom stereocenters. The molecule has 2 amide bonds. The van der Waals surface area contributed by atoms with Crippen molar-refractivity contribution in [2.24, 2.45) is 0 Å². The van der Waals surface area contributed by atoms with Crippen LogP contribution in [-0.4, -0.2) is 16.9 Å². The van der Waals surface area contributed by atoms with Crippen molar-refractivity contribution < 1.29 is 14.3 Å². The number of para-hydroxylation sites is 1. The maximum absolute atomic E-state index is 13.1. The van der Waals surface area contributed by atoms with Gasteiger partial charge in [0.15, 0.2) is 5.11 Å². The second-order valence-electron chi connectivity index (χ2n) is 6.52. The molecule has 1 saturated heterocycles. The fourth-order valence-electron chi connectivity index (χ4n) is 2.98. The number of thiocarbonyl (C=S) groups is 1. The Hall–Kier alpha value is -3.29. The standard InChI is InChI=1S/C23H18N2O3S2/c1-2-18-12-13-19(30-18)14-20-21(26)24-23(29)25(22(20)27)15-8-10-17(11-9-15)28-16-6-4-3-5-7-16/h3-14H,2H2,1H3,(H,24,26,29)/b20-14+. The van der Waals surface area contributed by atoms with E-state index in [2.05, 4.69) is 12.2 Å². The van der Waals surface area contributed by atoms with E-state index in [-0.39, 0.29) is 10.7 Å². The molecule has 30 heavy (non-hydrogen) atoms. The summed E-state index contributed by atoms with van der Waals surface area (Å²) in [6, 6.07) is 20.3. The molecule has 0 bridgehead atoms. The number of thiophene rings is 1. The van der Waals surface area contributed by atoms with Crippen molar-refractivity contribution in [1.82, 2.24) is 5.32 Å². The Labute approximate surface area is 183 Å². The first-order valence-corrected chi connectivity index (χ1v) is 10.6. The Morgan fingerprint density at radius 2 is 1.70 bits per heavy atom. The summed E-state index contributed by atoms with van der Waals surface area (Å²) < 4.78 is 5.79. The van der Waals surface area contributed by atoms with Crippen LogP contribution in [0.5, 0.6) is 11.5 Å². The number of nitrogens with one attached hydrogen (secondary N) is 1. The molecule has 1 aromatic heterocycles. The van der Waals surface area contributed by atoms with Crippen LogP contribution in [0, 0.1) is 0 Å². The summed E-state index contributed by atoms with van der Waals surface area (Å²) in [6.45, 7) is 2.06. The lowest BCUT2D eigenvalue weighted by Crippen LogP contribution is -2.54. The van der Waals surface area contributed by atoms with Crippen molar-refractivity contribution in [3.63, 3.8) is 0 Å². The van der Waals surface area contributed by atoms with Gasteiger partial charge in [-0.25, -0.2) is 0 Å². The van der Waals surface area contributed by atoms with Crippen LogP contribution >= 0.6 is 23.6 Å². The van der Waals surface area contributed by atoms with Gasteiger partial charge >= 0.3 is 0 Å². The molecular weight excluding hydrogens is 416 g/mol. The predicted octanol–water partition coefficient (Wildman–Crippen LogP) is 4.93. The Morgan fingerprint density at radius 3 is 2.37 bits per heavy atom. The van der Waals surface area contributed by atoms with Crippen LogP contribution in [0.15, 0.2) is 72.3 Å². The molecule has 0 spiro atoms. The Morgan fingerprint density at radius 1 is 1.00 bits per heavy atom. The lowest BCUT2D eigenvalue weighted by Gasteiger charge is -2.28. The number of carbonyl (C=O) groups excluding carboxylic acids is 2. The number of aryl methyl sites for hydroxylation is 1. The van der Waals surface area contributed by atoms with Crippen LogP contribution in [0.3, 0.4) is 0 Å². The smallest absolute Gasteiger partial charge is 0.270 e. The molecule has 3 aromatic rings. The van der Waals surface area contributed by atoms with E-state index < -0.39 is 11.8 Å². The van der Waals surface area contributed by atoms with Gasteiger partial charge in [0.05, 0.1) is 5.69 Å². The quantitative estimate of drug-likeness (QED) is 0.351. The van der Waals surface area contributed by atoms with Gasteiger partial charge < -0.3 is 4.74 Å². The number of nitrogens with zero attached hydrogens (tertiary/aromatic N) is 1. The van der Waals surface area contributed by atoms with Gasteiger partial charge in [-0.2, -0.15) is 0 Å². The Kier molecular flexibility index (Phi) is 5.74. The van der Waals surface area contributed by atoms with E-state index >= 15 is 0 Å². The molecule has 0 unspecified atom stereocenters. The third-order valence-electron chi connectivity index (χ3n) is 4.49. The Bertz CT molecular complexity index is 1130. The van der Waals surface area contributed by atoms with Crippen molar-refractivity contribution in [1.29, 1.82) is 0 Å². The molecule has 0 aliphatic carbocycles. The van der Waals surface area contributed by atoms with E-state index in [9.17, 15) is 9.59 Å². The first-order chi connectivity index (χ1) is 14.5. The van der Waals surface area contributed by atoms with Gasteiger partial charge in [0, 0.05) is 9.75 Å². The van der Waals surface area contributed by atoms with Crippen molar-refractivity contribution in [3.8, 4) is 11.5 Å². The average Bonchev–Trinajstić information content (AvgIpc) is 3.21. The SMILES string of the molecule is CCc1ccc(/C=C2\C(=O)NC(=S)N(c3ccc(Oc4ccccc4)cc3)C2=O)s1. The molecule has 1 aliphatic heterocycles. The van der Waals surface area contributed by atoms with E-state index in [1.165, 1.54) is 9.78 Å². The molecule has 1 aliphatic rings. The van der Waals surface area contributed by atoms with Gasteiger partial charge in [-0.1, -0.05) is 25.1 Å². The summed E-state index contributed by atoms with van der Waals surface area (Å²) in [4.78, 5) is 28.8. The molecule has 0 radical (unpaired) electrons. The monoisotopic (exact) mass is 434 g/mol. The zero-order valence-electron chi connectivity index (χ0n) is 16.1. The van der Waals surface area contributed by atoms with Crippen LogP contribution < -0.4 is 15.0 Å². The van der Waals surface area contributed by atoms with E-state index in [1.807, 2.05) is 42.5 Å².